The summed E-state index contributed by atoms with van der Waals surface area (Å²) in [5.41, 5.74) is 3.89. The quantitative estimate of drug-likeness (QED) is 0.849. The Hall–Kier alpha value is -2.57. The molecule has 0 unspecified atom stereocenters. The second-order valence-corrected chi connectivity index (χ2v) is 3.43. The van der Waals surface area contributed by atoms with Crippen LogP contribution >= 0.6 is 0 Å². The highest BCUT2D eigenvalue weighted by molar-refractivity contribution is 5.90. The number of carbonyl (C=O) groups is 1. The van der Waals surface area contributed by atoms with E-state index in [1.807, 2.05) is 0 Å². The van der Waals surface area contributed by atoms with Gasteiger partial charge in [-0.05, 0) is 18.2 Å². The Morgan fingerprint density at radius 2 is 1.94 bits per heavy atom. The fourth-order valence-corrected chi connectivity index (χ4v) is 1.37. The van der Waals surface area contributed by atoms with Crippen LogP contribution in [0.1, 0.15) is 10.5 Å². The highest BCUT2D eigenvalue weighted by Gasteiger charge is 2.11. The zero-order valence-electron chi connectivity index (χ0n) is 8.93. The molecule has 2 aromatic rings. The molecule has 0 aliphatic rings. The molecule has 0 fully saturated rings. The molecular weight excluding hydrogens is 244 g/mol. The summed E-state index contributed by atoms with van der Waals surface area (Å²) in [5, 5.41) is 3.60. The Labute approximate surface area is 99.5 Å². The molecule has 0 spiro atoms. The summed E-state index contributed by atoms with van der Waals surface area (Å²) in [6.45, 7) is 0. The van der Waals surface area contributed by atoms with E-state index in [-0.39, 0.29) is 11.4 Å². The maximum absolute atomic E-state index is 13.5. The lowest BCUT2D eigenvalue weighted by Gasteiger charge is -2.06. The number of carbonyl (C=O) groups excluding carboxylic acids is 1. The molecule has 0 saturated heterocycles. The van der Waals surface area contributed by atoms with Gasteiger partial charge in [-0.1, -0.05) is 0 Å². The van der Waals surface area contributed by atoms with Crippen molar-refractivity contribution in [2.24, 2.45) is 5.73 Å². The molecule has 0 saturated carbocycles. The molecule has 1 aromatic carbocycles. The van der Waals surface area contributed by atoms with Crippen molar-refractivity contribution in [3.8, 4) is 5.69 Å². The van der Waals surface area contributed by atoms with Gasteiger partial charge in [-0.25, -0.2) is 8.78 Å². The highest BCUT2D eigenvalue weighted by atomic mass is 19.1. The van der Waals surface area contributed by atoms with Gasteiger partial charge in [0.1, 0.15) is 17.2 Å². The molecule has 0 aliphatic heterocycles. The first-order chi connectivity index (χ1) is 8.49. The van der Waals surface area contributed by atoms with Gasteiger partial charge in [-0.3, -0.25) is 9.59 Å². The number of primary amides is 1. The normalized spacial score (nSPS) is 10.3. The molecule has 7 heteroatoms. The van der Waals surface area contributed by atoms with E-state index < -0.39 is 23.1 Å². The largest absolute Gasteiger partial charge is 0.364 e. The van der Waals surface area contributed by atoms with Crippen LogP contribution in [0.3, 0.4) is 0 Å². The number of benzene rings is 1. The predicted octanol–water partition coefficient (Wildman–Crippen LogP) is 0.610. The lowest BCUT2D eigenvalue weighted by molar-refractivity contribution is 0.0994. The summed E-state index contributed by atoms with van der Waals surface area (Å²) in [6.07, 6.45) is 0. The molecule has 0 bridgehead atoms. The zero-order chi connectivity index (χ0) is 13.3. The fraction of sp³-hybridized carbons (Fsp3) is 0. The van der Waals surface area contributed by atoms with Gasteiger partial charge in [0.25, 0.3) is 11.5 Å². The average molecular weight is 251 g/mol. The Balaban J connectivity index is 2.66. The number of hydrogen-bond acceptors (Lipinski definition) is 3. The monoisotopic (exact) mass is 251 g/mol. The third kappa shape index (κ3) is 2.10. The lowest BCUT2D eigenvalue weighted by atomic mass is 10.3. The first-order valence-electron chi connectivity index (χ1n) is 4.84. The molecule has 0 aliphatic carbocycles. The molecule has 5 nitrogen and oxygen atoms in total. The number of nitrogens with two attached hydrogens (primary N) is 1. The third-order valence-corrected chi connectivity index (χ3v) is 2.19. The molecule has 1 heterocycles. The second-order valence-electron chi connectivity index (χ2n) is 3.43. The van der Waals surface area contributed by atoms with Gasteiger partial charge in [0.05, 0.1) is 0 Å². The third-order valence-electron chi connectivity index (χ3n) is 2.19. The summed E-state index contributed by atoms with van der Waals surface area (Å²) in [6, 6.07) is 4.78. The van der Waals surface area contributed by atoms with Gasteiger partial charge in [0.2, 0.25) is 0 Å². The number of amides is 1. The number of halogens is 2. The Morgan fingerprint density at radius 3 is 2.56 bits per heavy atom. The molecule has 0 radical (unpaired) electrons. The lowest BCUT2D eigenvalue weighted by Crippen LogP contribution is -2.25. The first-order valence-corrected chi connectivity index (χ1v) is 4.84. The van der Waals surface area contributed by atoms with Gasteiger partial charge >= 0.3 is 0 Å². The van der Waals surface area contributed by atoms with E-state index in [1.54, 1.807) is 0 Å². The van der Waals surface area contributed by atoms with Crippen LogP contribution in [0.5, 0.6) is 0 Å². The second kappa shape index (κ2) is 4.36. The van der Waals surface area contributed by atoms with Gasteiger partial charge in [0, 0.05) is 12.1 Å². The maximum atomic E-state index is 13.5. The molecular formula is C11H7F2N3O2. The summed E-state index contributed by atoms with van der Waals surface area (Å²) in [5.74, 6) is -2.60. The van der Waals surface area contributed by atoms with Crippen LogP contribution in [-0.2, 0) is 0 Å². The van der Waals surface area contributed by atoms with Crippen molar-refractivity contribution in [3.63, 3.8) is 0 Å². The number of hydrogen-bond donors (Lipinski definition) is 1. The van der Waals surface area contributed by atoms with Crippen LogP contribution in [-0.4, -0.2) is 15.7 Å². The summed E-state index contributed by atoms with van der Waals surface area (Å²) in [4.78, 5) is 22.4. The van der Waals surface area contributed by atoms with E-state index >= 15 is 0 Å². The molecule has 1 amide bonds. The van der Waals surface area contributed by atoms with Crippen molar-refractivity contribution < 1.29 is 13.6 Å². The molecule has 0 atom stereocenters. The number of aromatic nitrogens is 2. The van der Waals surface area contributed by atoms with Crippen molar-refractivity contribution >= 4 is 5.91 Å². The van der Waals surface area contributed by atoms with E-state index in [0.29, 0.717) is 10.7 Å². The summed E-state index contributed by atoms with van der Waals surface area (Å²) >= 11 is 0. The molecule has 92 valence electrons. The first kappa shape index (κ1) is 11.9. The topological polar surface area (TPSA) is 78.0 Å². The summed E-state index contributed by atoms with van der Waals surface area (Å²) < 4.78 is 26.9. The summed E-state index contributed by atoms with van der Waals surface area (Å²) in [7, 11) is 0. The fourth-order valence-electron chi connectivity index (χ4n) is 1.37. The van der Waals surface area contributed by atoms with E-state index in [2.05, 4.69) is 5.10 Å². The minimum Gasteiger partial charge on any atom is -0.364 e. The molecule has 1 aromatic heterocycles. The van der Waals surface area contributed by atoms with Gasteiger partial charge in [-0.2, -0.15) is 9.78 Å². The standard InChI is InChI=1S/C11H7F2N3O2/c12-6-1-3-9(7(13)5-6)16-10(17)4-2-8(15-16)11(14)18/h1-5H,(H2,14,18). The highest BCUT2D eigenvalue weighted by Crippen LogP contribution is 2.11. The Bertz CT molecular complexity index is 682. The number of nitrogens with zero attached hydrogens (tertiary/aromatic N) is 2. The van der Waals surface area contributed by atoms with Crippen LogP contribution in [0.25, 0.3) is 5.69 Å². The predicted molar refractivity (Wildman–Crippen MR) is 58.3 cm³/mol. The van der Waals surface area contributed by atoms with Crippen molar-refractivity contribution in [3.05, 3.63) is 58.0 Å². The van der Waals surface area contributed by atoms with Crippen LogP contribution in [0.15, 0.2) is 35.1 Å². The van der Waals surface area contributed by atoms with Crippen molar-refractivity contribution in [2.45, 2.75) is 0 Å². The minimum atomic E-state index is -0.966. The van der Waals surface area contributed by atoms with Crippen LogP contribution in [0.4, 0.5) is 8.78 Å². The Morgan fingerprint density at radius 1 is 1.22 bits per heavy atom. The van der Waals surface area contributed by atoms with E-state index in [0.717, 1.165) is 24.3 Å². The minimum absolute atomic E-state index is 0.196. The van der Waals surface area contributed by atoms with E-state index in [9.17, 15) is 18.4 Å². The van der Waals surface area contributed by atoms with Crippen molar-refractivity contribution in [1.82, 2.24) is 9.78 Å². The van der Waals surface area contributed by atoms with Gasteiger partial charge in [-0.15, -0.1) is 0 Å². The van der Waals surface area contributed by atoms with Crippen LogP contribution in [0.2, 0.25) is 0 Å². The Kier molecular flexibility index (Phi) is 2.88. The SMILES string of the molecule is NC(=O)c1ccc(=O)n(-c2ccc(F)cc2F)n1. The number of rotatable bonds is 2. The van der Waals surface area contributed by atoms with Crippen molar-refractivity contribution in [2.75, 3.05) is 0 Å². The van der Waals surface area contributed by atoms with Gasteiger partial charge in [0.15, 0.2) is 5.82 Å². The van der Waals surface area contributed by atoms with Crippen LogP contribution in [0, 0.1) is 11.6 Å². The van der Waals surface area contributed by atoms with E-state index in [4.69, 9.17) is 5.73 Å². The molecule has 2 rings (SSSR count). The van der Waals surface area contributed by atoms with Crippen molar-refractivity contribution in [1.29, 1.82) is 0 Å². The molecule has 18 heavy (non-hydrogen) atoms. The van der Waals surface area contributed by atoms with Crippen LogP contribution < -0.4 is 11.3 Å². The smallest absolute Gasteiger partial charge is 0.271 e. The zero-order valence-corrected chi connectivity index (χ0v) is 8.93. The van der Waals surface area contributed by atoms with Gasteiger partial charge < -0.3 is 5.73 Å². The average Bonchev–Trinajstić information content (AvgIpc) is 2.30. The molecule has 2 N–H and O–H groups in total. The maximum Gasteiger partial charge on any atom is 0.271 e. The van der Waals surface area contributed by atoms with E-state index in [1.165, 1.54) is 0 Å².